The number of Topliss-reactive ketones (excluding diaryl/α,β-unsaturated/α-hetero) is 1. The minimum Gasteiger partial charge on any atom is -0.489 e. The molecule has 13 nitrogen and oxygen atoms in total. The minimum atomic E-state index is -1.28. The first-order valence-corrected chi connectivity index (χ1v) is 23.2. The molecule has 8 rings (SSSR count). The predicted octanol–water partition coefficient (Wildman–Crippen LogP) is 4.80. The average molecular weight is 869 g/mol. The topological polar surface area (TPSA) is 174 Å². The number of ketones is 1. The number of benzene rings is 2. The Hall–Kier alpha value is -4.40. The zero-order valence-corrected chi connectivity index (χ0v) is 37.3. The Morgan fingerprint density at radius 3 is 2.60 bits per heavy atom. The Morgan fingerprint density at radius 1 is 1.08 bits per heavy atom. The van der Waals surface area contributed by atoms with Crippen molar-refractivity contribution in [3.05, 3.63) is 67.9 Å². The van der Waals surface area contributed by atoms with E-state index in [1.165, 1.54) is 0 Å². The number of rotatable bonds is 15. The number of likely N-dealkylation sites (tertiary alicyclic amines) is 1. The third kappa shape index (κ3) is 8.64. The first kappa shape index (κ1) is 45.2. The number of fused-ring (bicyclic) bond motifs is 3. The maximum absolute atomic E-state index is 14.2. The number of allylic oxidation sites excluding steroid dienone is 3. The third-order valence-corrected chi connectivity index (χ3v) is 14.6. The van der Waals surface area contributed by atoms with Crippen molar-refractivity contribution in [1.82, 2.24) is 4.90 Å². The van der Waals surface area contributed by atoms with E-state index in [4.69, 9.17) is 23.7 Å². The fourth-order valence-corrected chi connectivity index (χ4v) is 11.1. The highest BCUT2D eigenvalue weighted by Gasteiger charge is 2.50. The molecule has 2 saturated carbocycles. The van der Waals surface area contributed by atoms with Gasteiger partial charge in [-0.3, -0.25) is 14.6 Å². The second kappa shape index (κ2) is 19.4. The summed E-state index contributed by atoms with van der Waals surface area (Å²) in [4.78, 5) is 48.6. The van der Waals surface area contributed by atoms with Crippen LogP contribution in [0.15, 0.2) is 40.1 Å². The molecule has 0 amide bonds. The fourth-order valence-electron chi connectivity index (χ4n) is 11.1. The van der Waals surface area contributed by atoms with Crippen molar-refractivity contribution in [3.63, 3.8) is 0 Å². The molecule has 4 aliphatic heterocycles. The fraction of sp³-hybridized carbons (Fsp3) is 0.600. The van der Waals surface area contributed by atoms with Gasteiger partial charge in [0.1, 0.15) is 34.7 Å². The van der Waals surface area contributed by atoms with E-state index in [9.17, 15) is 29.7 Å². The van der Waals surface area contributed by atoms with Crippen molar-refractivity contribution in [2.24, 2.45) is 16.8 Å². The third-order valence-electron chi connectivity index (χ3n) is 14.6. The number of carbonyl (C=O) groups excluding carboxylic acids is 3. The number of aliphatic hydroxyl groups is 3. The first-order chi connectivity index (χ1) is 30.6. The number of esters is 1. The van der Waals surface area contributed by atoms with Gasteiger partial charge in [0.25, 0.3) is 0 Å². The van der Waals surface area contributed by atoms with Crippen molar-refractivity contribution in [1.29, 1.82) is 0 Å². The van der Waals surface area contributed by atoms with Crippen LogP contribution in [-0.4, -0.2) is 109 Å². The van der Waals surface area contributed by atoms with E-state index in [1.54, 1.807) is 14.0 Å². The van der Waals surface area contributed by atoms with Crippen LogP contribution in [0.2, 0.25) is 0 Å². The molecule has 0 radical (unpaired) electrons. The van der Waals surface area contributed by atoms with Gasteiger partial charge in [-0.05, 0) is 113 Å². The zero-order chi connectivity index (χ0) is 44.4. The Morgan fingerprint density at radius 2 is 1.89 bits per heavy atom. The number of ether oxygens (including phenoxy) is 5. The second-order valence-electron chi connectivity index (χ2n) is 18.3. The number of carbonyl (C=O) groups is 3. The van der Waals surface area contributed by atoms with Crippen molar-refractivity contribution in [3.8, 4) is 17.2 Å². The molecular formula is C50H64N2O11. The highest BCUT2D eigenvalue weighted by atomic mass is 16.6. The van der Waals surface area contributed by atoms with Gasteiger partial charge in [-0.2, -0.15) is 0 Å². The SMILES string of the molecule is CCOC(=O)C1=C(C=O)C(=C2CC(CO)C(=O)C(c3ccc4c(c3)=CCN=4)C2)c2c(c(CO)c3c(c2OC2CCCCC2)CC(C(C)(O)C2CCN(CCCOC)C(CC)C2)O3)O1. The molecule has 3 N–H and O–H groups in total. The van der Waals surface area contributed by atoms with Gasteiger partial charge in [0.05, 0.1) is 54.5 Å². The van der Waals surface area contributed by atoms with E-state index in [2.05, 4.69) is 16.8 Å². The van der Waals surface area contributed by atoms with Gasteiger partial charge in [0, 0.05) is 55.7 Å². The lowest BCUT2D eigenvalue weighted by atomic mass is 9.71. The Bertz CT molecular complexity index is 2270. The monoisotopic (exact) mass is 868 g/mol. The van der Waals surface area contributed by atoms with E-state index < -0.39 is 42.7 Å². The number of aliphatic hydroxyl groups excluding tert-OH is 2. The summed E-state index contributed by atoms with van der Waals surface area (Å²) in [6.45, 7) is 7.78. The predicted molar refractivity (Wildman–Crippen MR) is 235 cm³/mol. The van der Waals surface area contributed by atoms with Crippen LogP contribution in [0.25, 0.3) is 11.6 Å². The molecule has 6 unspecified atom stereocenters. The first-order valence-electron chi connectivity index (χ1n) is 23.2. The molecule has 0 aromatic heterocycles. The summed E-state index contributed by atoms with van der Waals surface area (Å²) in [5, 5.41) is 36.6. The van der Waals surface area contributed by atoms with Crippen LogP contribution in [0.3, 0.4) is 0 Å². The number of aldehydes is 1. The molecule has 6 aliphatic rings. The normalized spacial score (nSPS) is 27.0. The molecule has 0 bridgehead atoms. The molecule has 13 heteroatoms. The van der Waals surface area contributed by atoms with E-state index >= 15 is 0 Å². The number of hydrogen-bond donors (Lipinski definition) is 3. The molecule has 1 saturated heterocycles. The molecule has 0 spiro atoms. The Balaban J connectivity index is 1.28. The molecule has 4 heterocycles. The standard InChI is InChI=1S/C50H64N2O11/c1-5-34-24-33(16-19-52(34)18-10-20-59-4)50(3,58)41-25-37-45(62-41)39(28-55)47-43(46(37)61-35-11-8-7-9-12-35)42(38(27-54)48(63-47)49(57)60-6-2)31-22-32(26-53)44(56)36(23-31)29-13-14-40-30(21-29)15-17-51-40/h13-15,21,27,32-36,41,53,55,58H,5-12,16-20,22-26,28H2,1-4H3. The van der Waals surface area contributed by atoms with Gasteiger partial charge in [-0.25, -0.2) is 4.79 Å². The second-order valence-corrected chi connectivity index (χ2v) is 18.3. The lowest BCUT2D eigenvalue weighted by Crippen LogP contribution is -2.54. The molecule has 6 atom stereocenters. The quantitative estimate of drug-likeness (QED) is 0.127. The Kier molecular flexibility index (Phi) is 13.9. The van der Waals surface area contributed by atoms with Crippen molar-refractivity contribution >= 4 is 29.7 Å². The largest absolute Gasteiger partial charge is 0.489 e. The van der Waals surface area contributed by atoms with E-state index in [1.807, 2.05) is 31.2 Å². The van der Waals surface area contributed by atoms with Crippen molar-refractivity contribution < 1.29 is 53.4 Å². The van der Waals surface area contributed by atoms with Crippen LogP contribution in [0.1, 0.15) is 120 Å². The highest BCUT2D eigenvalue weighted by Crippen LogP contribution is 2.57. The smallest absolute Gasteiger partial charge is 0.375 e. The maximum atomic E-state index is 14.2. The summed E-state index contributed by atoms with van der Waals surface area (Å²) in [7, 11) is 1.72. The van der Waals surface area contributed by atoms with Crippen LogP contribution in [0.5, 0.6) is 17.2 Å². The summed E-state index contributed by atoms with van der Waals surface area (Å²) >= 11 is 0. The number of methoxy groups -OCH3 is 1. The lowest BCUT2D eigenvalue weighted by molar-refractivity contribution is -0.141. The van der Waals surface area contributed by atoms with Crippen molar-refractivity contribution in [2.45, 2.75) is 134 Å². The van der Waals surface area contributed by atoms with Gasteiger partial charge in [0.2, 0.25) is 5.76 Å². The maximum Gasteiger partial charge on any atom is 0.375 e. The van der Waals surface area contributed by atoms with Gasteiger partial charge < -0.3 is 43.9 Å². The van der Waals surface area contributed by atoms with Crippen molar-refractivity contribution in [2.75, 3.05) is 46.6 Å². The molecular weight excluding hydrogens is 805 g/mol. The van der Waals surface area contributed by atoms with Crippen LogP contribution in [0.4, 0.5) is 0 Å². The van der Waals surface area contributed by atoms with Gasteiger partial charge in [-0.15, -0.1) is 0 Å². The molecule has 2 aromatic carbocycles. The molecule has 3 fully saturated rings. The van der Waals surface area contributed by atoms with E-state index in [0.29, 0.717) is 53.2 Å². The van der Waals surface area contributed by atoms with Gasteiger partial charge in [-0.1, -0.05) is 31.1 Å². The lowest BCUT2D eigenvalue weighted by Gasteiger charge is -2.46. The number of nitrogens with zero attached hydrogens (tertiary/aromatic N) is 2. The molecule has 340 valence electrons. The summed E-state index contributed by atoms with van der Waals surface area (Å²) < 4.78 is 31.3. The van der Waals surface area contributed by atoms with Crippen LogP contribution in [0, 0.1) is 11.8 Å². The van der Waals surface area contributed by atoms with E-state index in [-0.39, 0.29) is 72.4 Å². The van der Waals surface area contributed by atoms with Crippen LogP contribution < -0.4 is 24.8 Å². The van der Waals surface area contributed by atoms with Crippen LogP contribution in [-0.2, 0) is 36.9 Å². The summed E-state index contributed by atoms with van der Waals surface area (Å²) in [5.74, 6) is -1.99. The summed E-state index contributed by atoms with van der Waals surface area (Å²) in [5.41, 5.74) is 1.80. The zero-order valence-electron chi connectivity index (χ0n) is 37.3. The molecule has 2 aliphatic carbocycles. The van der Waals surface area contributed by atoms with E-state index in [0.717, 1.165) is 87.0 Å². The van der Waals surface area contributed by atoms with Gasteiger partial charge in [0.15, 0.2) is 6.29 Å². The average Bonchev–Trinajstić information content (AvgIpc) is 3.97. The minimum absolute atomic E-state index is 0.0132. The number of hydrogen-bond acceptors (Lipinski definition) is 13. The number of piperidine rings is 1. The summed E-state index contributed by atoms with van der Waals surface area (Å²) in [6, 6.07) is 6.07. The van der Waals surface area contributed by atoms with Gasteiger partial charge >= 0.3 is 5.97 Å². The molecule has 2 aromatic rings. The summed E-state index contributed by atoms with van der Waals surface area (Å²) in [6.07, 6.45) is 10.4. The highest BCUT2D eigenvalue weighted by molar-refractivity contribution is 6.11. The van der Waals surface area contributed by atoms with Crippen LogP contribution >= 0.6 is 0 Å². The Labute approximate surface area is 369 Å². The molecule has 63 heavy (non-hydrogen) atoms.